The molecule has 0 fully saturated rings. The van der Waals surface area contributed by atoms with Crippen molar-refractivity contribution >= 4 is 29.5 Å². The van der Waals surface area contributed by atoms with Crippen LogP contribution in [0.25, 0.3) is 0 Å². The van der Waals surface area contributed by atoms with Crippen molar-refractivity contribution in [3.8, 4) is 5.75 Å². The van der Waals surface area contributed by atoms with Crippen LogP contribution < -0.4 is 4.74 Å². The maximum atomic E-state index is 12.8. The number of carbonyl (C=O) groups excluding carboxylic acids is 1. The van der Waals surface area contributed by atoms with Gasteiger partial charge >= 0.3 is 6.18 Å². The molecule has 0 N–H and O–H groups in total. The number of hydrogen-bond donors (Lipinski definition) is 0. The third kappa shape index (κ3) is 4.15. The Morgan fingerprint density at radius 1 is 1.09 bits per heavy atom. The Hall–Kier alpha value is -1.72. The largest absolute Gasteiger partial charge is 0.489 e. The maximum Gasteiger partial charge on any atom is 0.417 e. The number of halogens is 5. The summed E-state index contributed by atoms with van der Waals surface area (Å²) in [6, 6.07) is 7.88. The van der Waals surface area contributed by atoms with Gasteiger partial charge in [-0.1, -0.05) is 29.3 Å². The first-order valence-corrected chi connectivity index (χ1v) is 6.79. The normalized spacial score (nSPS) is 11.3. The Balaban J connectivity index is 2.19. The smallest absolute Gasteiger partial charge is 0.417 e. The molecule has 0 unspecified atom stereocenters. The first kappa shape index (κ1) is 16.6. The number of hydrogen-bond acceptors (Lipinski definition) is 2. The summed E-state index contributed by atoms with van der Waals surface area (Å²) in [5.41, 5.74) is -0.311. The van der Waals surface area contributed by atoms with Crippen molar-refractivity contribution < 1.29 is 22.7 Å². The molecule has 22 heavy (non-hydrogen) atoms. The molecule has 0 saturated heterocycles. The monoisotopic (exact) mass is 348 g/mol. The Labute approximate surface area is 134 Å². The summed E-state index contributed by atoms with van der Waals surface area (Å²) in [5, 5.41) is -0.0751. The number of ether oxygens (including phenoxy) is 1. The van der Waals surface area contributed by atoms with E-state index >= 15 is 0 Å². The van der Waals surface area contributed by atoms with Crippen molar-refractivity contribution in [2.24, 2.45) is 0 Å². The minimum Gasteiger partial charge on any atom is -0.489 e. The second-order valence-corrected chi connectivity index (χ2v) is 5.28. The van der Waals surface area contributed by atoms with Crippen molar-refractivity contribution in [2.75, 3.05) is 0 Å². The summed E-state index contributed by atoms with van der Waals surface area (Å²) in [7, 11) is 0. The molecule has 0 bridgehead atoms. The lowest BCUT2D eigenvalue weighted by Gasteiger charge is -2.12. The minimum atomic E-state index is -4.53. The zero-order chi connectivity index (χ0) is 16.3. The van der Waals surface area contributed by atoms with Crippen LogP contribution in [0.2, 0.25) is 10.0 Å². The summed E-state index contributed by atoms with van der Waals surface area (Å²) in [6.45, 7) is -0.112. The van der Waals surface area contributed by atoms with E-state index in [0.29, 0.717) is 22.4 Å². The van der Waals surface area contributed by atoms with Gasteiger partial charge in [0, 0.05) is 10.6 Å². The van der Waals surface area contributed by atoms with Crippen molar-refractivity contribution in [3.05, 3.63) is 63.1 Å². The molecule has 2 aromatic carbocycles. The lowest BCUT2D eigenvalue weighted by Crippen LogP contribution is -2.07. The van der Waals surface area contributed by atoms with Crippen LogP contribution in [0.5, 0.6) is 5.75 Å². The molecular weight excluding hydrogens is 340 g/mol. The van der Waals surface area contributed by atoms with Crippen LogP contribution in [0.3, 0.4) is 0 Å². The minimum absolute atomic E-state index is 0.112. The van der Waals surface area contributed by atoms with Crippen LogP contribution in [0.4, 0.5) is 13.2 Å². The van der Waals surface area contributed by atoms with E-state index in [1.165, 1.54) is 24.3 Å². The van der Waals surface area contributed by atoms with Crippen LogP contribution in [0, 0.1) is 0 Å². The summed E-state index contributed by atoms with van der Waals surface area (Å²) in [6.07, 6.45) is -3.93. The average Bonchev–Trinajstić information content (AvgIpc) is 2.44. The van der Waals surface area contributed by atoms with E-state index in [1.807, 2.05) is 0 Å². The molecule has 116 valence electrons. The Morgan fingerprint density at radius 3 is 2.45 bits per heavy atom. The number of benzene rings is 2. The third-order valence-electron chi connectivity index (χ3n) is 2.77. The predicted molar refractivity (Wildman–Crippen MR) is 77.6 cm³/mol. The summed E-state index contributed by atoms with van der Waals surface area (Å²) >= 11 is 11.4. The van der Waals surface area contributed by atoms with Crippen LogP contribution >= 0.6 is 23.2 Å². The van der Waals surface area contributed by atoms with Gasteiger partial charge < -0.3 is 4.74 Å². The Kier molecular flexibility index (Phi) is 4.98. The third-order valence-corrected chi connectivity index (χ3v) is 3.32. The number of alkyl halides is 3. The van der Waals surface area contributed by atoms with E-state index in [4.69, 9.17) is 27.9 Å². The highest BCUT2D eigenvalue weighted by molar-refractivity contribution is 6.31. The highest BCUT2D eigenvalue weighted by atomic mass is 35.5. The van der Waals surface area contributed by atoms with Crippen molar-refractivity contribution in [3.63, 3.8) is 0 Å². The Bertz CT molecular complexity index is 700. The van der Waals surface area contributed by atoms with Gasteiger partial charge in [0.25, 0.3) is 0 Å². The van der Waals surface area contributed by atoms with Gasteiger partial charge in [0.15, 0.2) is 0 Å². The first-order chi connectivity index (χ1) is 10.3. The van der Waals surface area contributed by atoms with Gasteiger partial charge in [0.1, 0.15) is 18.6 Å². The lowest BCUT2D eigenvalue weighted by molar-refractivity contribution is -0.137. The van der Waals surface area contributed by atoms with Gasteiger partial charge in [-0.3, -0.25) is 4.79 Å². The van der Waals surface area contributed by atoms with Gasteiger partial charge in [-0.05, 0) is 35.9 Å². The summed E-state index contributed by atoms with van der Waals surface area (Å²) in [5.74, 6) is 0.290. The quantitative estimate of drug-likeness (QED) is 0.691. The van der Waals surface area contributed by atoms with Crippen molar-refractivity contribution in [2.45, 2.75) is 12.8 Å². The van der Waals surface area contributed by atoms with Gasteiger partial charge in [-0.2, -0.15) is 13.2 Å². The van der Waals surface area contributed by atoms with E-state index < -0.39 is 11.7 Å². The van der Waals surface area contributed by atoms with E-state index in [1.54, 1.807) is 0 Å². The molecule has 7 heteroatoms. The molecule has 2 rings (SSSR count). The van der Waals surface area contributed by atoms with Crippen molar-refractivity contribution in [1.82, 2.24) is 0 Å². The standard InChI is InChI=1S/C15H9Cl2F3O2/c16-11-3-10(7-21)4-12(6-11)22-8-9-1-2-14(17)13(5-9)15(18,19)20/h1-7H,8H2. The van der Waals surface area contributed by atoms with Crippen LogP contribution in [-0.4, -0.2) is 6.29 Å². The molecule has 2 aromatic rings. The highest BCUT2D eigenvalue weighted by Gasteiger charge is 2.33. The fraction of sp³-hybridized carbons (Fsp3) is 0.133. The van der Waals surface area contributed by atoms with E-state index in [0.717, 1.165) is 12.1 Å². The number of aldehydes is 1. The second kappa shape index (κ2) is 6.58. The van der Waals surface area contributed by atoms with Crippen molar-refractivity contribution in [1.29, 1.82) is 0 Å². The average molecular weight is 349 g/mol. The molecule has 0 atom stereocenters. The number of rotatable bonds is 4. The maximum absolute atomic E-state index is 12.8. The van der Waals surface area contributed by atoms with E-state index in [9.17, 15) is 18.0 Å². The first-order valence-electron chi connectivity index (χ1n) is 6.04. The molecule has 0 aliphatic rings. The Morgan fingerprint density at radius 2 is 1.82 bits per heavy atom. The van der Waals surface area contributed by atoms with Crippen LogP contribution in [0.15, 0.2) is 36.4 Å². The van der Waals surface area contributed by atoms with E-state index in [2.05, 4.69) is 0 Å². The highest BCUT2D eigenvalue weighted by Crippen LogP contribution is 2.35. The zero-order valence-corrected chi connectivity index (χ0v) is 12.5. The van der Waals surface area contributed by atoms with Gasteiger partial charge in [-0.25, -0.2) is 0 Å². The molecule has 0 saturated carbocycles. The van der Waals surface area contributed by atoms with Crippen LogP contribution in [0.1, 0.15) is 21.5 Å². The molecule has 0 aliphatic carbocycles. The van der Waals surface area contributed by atoms with Gasteiger partial charge in [0.05, 0.1) is 10.6 Å². The fourth-order valence-corrected chi connectivity index (χ4v) is 2.24. The second-order valence-electron chi connectivity index (χ2n) is 4.44. The summed E-state index contributed by atoms with van der Waals surface area (Å²) < 4.78 is 43.7. The van der Waals surface area contributed by atoms with E-state index in [-0.39, 0.29) is 17.4 Å². The predicted octanol–water partition coefficient (Wildman–Crippen LogP) is 5.40. The fourth-order valence-electron chi connectivity index (χ4n) is 1.78. The molecule has 0 aromatic heterocycles. The molecule has 2 nitrogen and oxygen atoms in total. The molecule has 0 radical (unpaired) electrons. The zero-order valence-electron chi connectivity index (χ0n) is 11.0. The molecule has 0 spiro atoms. The summed E-state index contributed by atoms with van der Waals surface area (Å²) in [4.78, 5) is 10.7. The molecule has 0 heterocycles. The molecular formula is C15H9Cl2F3O2. The SMILES string of the molecule is O=Cc1cc(Cl)cc(OCc2ccc(Cl)c(C(F)(F)F)c2)c1. The van der Waals surface area contributed by atoms with Crippen LogP contribution in [-0.2, 0) is 12.8 Å². The number of carbonyl (C=O) groups is 1. The van der Waals surface area contributed by atoms with Gasteiger partial charge in [0.2, 0.25) is 0 Å². The topological polar surface area (TPSA) is 26.3 Å². The lowest BCUT2D eigenvalue weighted by atomic mass is 10.1. The molecule has 0 aliphatic heterocycles. The van der Waals surface area contributed by atoms with Gasteiger partial charge in [-0.15, -0.1) is 0 Å². The molecule has 0 amide bonds.